The van der Waals surface area contributed by atoms with E-state index in [4.69, 9.17) is 0 Å². The first-order valence-corrected chi connectivity index (χ1v) is 12.1. The quantitative estimate of drug-likeness (QED) is 0.577. The van der Waals surface area contributed by atoms with Crippen LogP contribution in [0.4, 0.5) is 0 Å². The summed E-state index contributed by atoms with van der Waals surface area (Å²) in [5.41, 5.74) is 0.369. The van der Waals surface area contributed by atoms with E-state index in [0.29, 0.717) is 18.8 Å². The topological polar surface area (TPSA) is 99.6 Å². The molecular weight excluding hydrogens is 432 g/mol. The summed E-state index contributed by atoms with van der Waals surface area (Å²) in [6, 6.07) is 11.1. The van der Waals surface area contributed by atoms with E-state index in [2.05, 4.69) is 20.6 Å². The molecule has 0 aliphatic carbocycles. The van der Waals surface area contributed by atoms with Gasteiger partial charge >= 0.3 is 0 Å². The number of hydrogen-bond acceptors (Lipinski definition) is 5. The van der Waals surface area contributed by atoms with Crippen LogP contribution in [-0.2, 0) is 17.9 Å². The lowest BCUT2D eigenvalue weighted by molar-refractivity contribution is -0.132. The van der Waals surface area contributed by atoms with Crippen LogP contribution in [0.5, 0.6) is 0 Å². The number of likely N-dealkylation sites (N-methyl/N-ethyl adjacent to an activating group) is 1. The summed E-state index contributed by atoms with van der Waals surface area (Å²) >= 11 is 0. The molecule has 3 heterocycles. The SMILES string of the molecule is CN1C(=O)c2cc(C(=O)NCCCN3CCCCC3)nn2C[C@@]1(C)C(=O)NCc1ccccc1. The number of rotatable bonds is 8. The molecular formula is C25H34N6O3. The Labute approximate surface area is 200 Å². The van der Waals surface area contributed by atoms with Crippen molar-refractivity contribution < 1.29 is 14.4 Å². The predicted molar refractivity (Wildman–Crippen MR) is 128 cm³/mol. The van der Waals surface area contributed by atoms with Crippen LogP contribution in [0.15, 0.2) is 36.4 Å². The molecule has 2 N–H and O–H groups in total. The van der Waals surface area contributed by atoms with Crippen LogP contribution >= 0.6 is 0 Å². The van der Waals surface area contributed by atoms with E-state index in [9.17, 15) is 14.4 Å². The molecule has 2 aromatic rings. The Morgan fingerprint density at radius 3 is 2.56 bits per heavy atom. The van der Waals surface area contributed by atoms with E-state index in [1.807, 2.05) is 30.3 Å². The normalized spacial score (nSPS) is 20.6. The van der Waals surface area contributed by atoms with Crippen molar-refractivity contribution in [3.05, 3.63) is 53.3 Å². The van der Waals surface area contributed by atoms with Gasteiger partial charge < -0.3 is 20.4 Å². The van der Waals surface area contributed by atoms with Gasteiger partial charge in [-0.2, -0.15) is 5.10 Å². The number of hydrogen-bond donors (Lipinski definition) is 2. The average Bonchev–Trinajstić information content (AvgIpc) is 3.29. The molecule has 0 spiro atoms. The monoisotopic (exact) mass is 466 g/mol. The van der Waals surface area contributed by atoms with E-state index in [-0.39, 0.29) is 30.0 Å². The van der Waals surface area contributed by atoms with Crippen LogP contribution in [0.3, 0.4) is 0 Å². The van der Waals surface area contributed by atoms with E-state index in [1.54, 1.807) is 14.0 Å². The zero-order valence-corrected chi connectivity index (χ0v) is 20.0. The van der Waals surface area contributed by atoms with Gasteiger partial charge in [0, 0.05) is 26.2 Å². The summed E-state index contributed by atoms with van der Waals surface area (Å²) in [7, 11) is 1.61. The number of benzene rings is 1. The second-order valence-corrected chi connectivity index (χ2v) is 9.39. The van der Waals surface area contributed by atoms with Gasteiger partial charge in [-0.3, -0.25) is 19.1 Å². The minimum atomic E-state index is -1.12. The number of piperidine rings is 1. The lowest BCUT2D eigenvalue weighted by Crippen LogP contribution is -2.62. The fraction of sp³-hybridized carbons (Fsp3) is 0.520. The van der Waals surface area contributed by atoms with Gasteiger partial charge in [-0.05, 0) is 51.4 Å². The lowest BCUT2D eigenvalue weighted by atomic mass is 9.96. The van der Waals surface area contributed by atoms with Crippen LogP contribution in [0.2, 0.25) is 0 Å². The van der Waals surface area contributed by atoms with Crippen molar-refractivity contribution in [2.75, 3.05) is 33.2 Å². The molecule has 4 rings (SSSR count). The Morgan fingerprint density at radius 2 is 1.82 bits per heavy atom. The molecule has 182 valence electrons. The molecule has 2 aliphatic heterocycles. The third-order valence-corrected chi connectivity index (χ3v) is 6.90. The molecule has 1 fully saturated rings. The Morgan fingerprint density at radius 1 is 1.09 bits per heavy atom. The van der Waals surface area contributed by atoms with Crippen molar-refractivity contribution in [1.29, 1.82) is 0 Å². The van der Waals surface area contributed by atoms with Gasteiger partial charge in [0.2, 0.25) is 5.91 Å². The van der Waals surface area contributed by atoms with Crippen molar-refractivity contribution in [1.82, 2.24) is 30.2 Å². The Balaban J connectivity index is 1.36. The van der Waals surface area contributed by atoms with E-state index >= 15 is 0 Å². The third-order valence-electron chi connectivity index (χ3n) is 6.90. The highest BCUT2D eigenvalue weighted by atomic mass is 16.2. The molecule has 0 radical (unpaired) electrons. The second kappa shape index (κ2) is 10.4. The van der Waals surface area contributed by atoms with Crippen LogP contribution in [0, 0.1) is 0 Å². The van der Waals surface area contributed by atoms with Gasteiger partial charge in [0.1, 0.15) is 11.2 Å². The standard InChI is InChI=1S/C25H34N6O3/c1-25(24(34)27-17-19-10-5-3-6-11-19)18-31-21(23(33)29(25)2)16-20(28-31)22(32)26-12-9-15-30-13-7-4-8-14-30/h3,5-6,10-11,16H,4,7-9,12-15,17-18H2,1-2H3,(H,26,32)(H,27,34)/t25-/m0/s1. The minimum Gasteiger partial charge on any atom is -0.351 e. The van der Waals surface area contributed by atoms with E-state index in [1.165, 1.54) is 34.9 Å². The first-order chi connectivity index (χ1) is 16.4. The Kier molecular flexibility index (Phi) is 7.31. The second-order valence-electron chi connectivity index (χ2n) is 9.39. The highest BCUT2D eigenvalue weighted by Crippen LogP contribution is 2.26. The first-order valence-electron chi connectivity index (χ1n) is 12.1. The molecule has 3 amide bonds. The zero-order valence-electron chi connectivity index (χ0n) is 20.0. The fourth-order valence-electron chi connectivity index (χ4n) is 4.58. The predicted octanol–water partition coefficient (Wildman–Crippen LogP) is 1.65. The molecule has 0 saturated carbocycles. The lowest BCUT2D eigenvalue weighted by Gasteiger charge is -2.40. The number of amides is 3. The van der Waals surface area contributed by atoms with Crippen molar-refractivity contribution in [3.8, 4) is 0 Å². The molecule has 0 unspecified atom stereocenters. The van der Waals surface area contributed by atoms with Crippen molar-refractivity contribution in [2.24, 2.45) is 0 Å². The molecule has 9 heteroatoms. The maximum absolute atomic E-state index is 13.1. The van der Waals surface area contributed by atoms with E-state index < -0.39 is 5.54 Å². The number of likely N-dealkylation sites (tertiary alicyclic amines) is 1. The minimum absolute atomic E-state index is 0.174. The molecule has 2 aliphatic rings. The van der Waals surface area contributed by atoms with Gasteiger partial charge in [-0.25, -0.2) is 0 Å². The van der Waals surface area contributed by atoms with Gasteiger partial charge in [0.15, 0.2) is 5.69 Å². The average molecular weight is 467 g/mol. The van der Waals surface area contributed by atoms with Gasteiger partial charge in [0.25, 0.3) is 11.8 Å². The van der Waals surface area contributed by atoms with Crippen LogP contribution < -0.4 is 10.6 Å². The zero-order chi connectivity index (χ0) is 24.1. The highest BCUT2D eigenvalue weighted by molar-refractivity contribution is 6.01. The van der Waals surface area contributed by atoms with Crippen molar-refractivity contribution in [3.63, 3.8) is 0 Å². The van der Waals surface area contributed by atoms with Gasteiger partial charge in [0.05, 0.1) is 6.54 Å². The Hall–Kier alpha value is -3.20. The molecule has 1 atom stereocenters. The summed E-state index contributed by atoms with van der Waals surface area (Å²) in [6.45, 7) is 6.06. The maximum Gasteiger partial charge on any atom is 0.272 e. The molecule has 1 saturated heterocycles. The van der Waals surface area contributed by atoms with Crippen molar-refractivity contribution >= 4 is 17.7 Å². The fourth-order valence-corrected chi connectivity index (χ4v) is 4.58. The van der Waals surface area contributed by atoms with Crippen LogP contribution in [-0.4, -0.2) is 76.1 Å². The number of fused-ring (bicyclic) bond motifs is 1. The van der Waals surface area contributed by atoms with Crippen LogP contribution in [0.1, 0.15) is 59.1 Å². The summed E-state index contributed by atoms with van der Waals surface area (Å²) in [4.78, 5) is 42.6. The summed E-state index contributed by atoms with van der Waals surface area (Å²) in [5.74, 6) is -0.899. The number of nitrogens with one attached hydrogen (secondary N) is 2. The molecule has 9 nitrogen and oxygen atoms in total. The third kappa shape index (κ3) is 5.14. The number of carbonyl (C=O) groups is 3. The number of carbonyl (C=O) groups excluding carboxylic acids is 3. The van der Waals surface area contributed by atoms with Gasteiger partial charge in [-0.15, -0.1) is 0 Å². The molecule has 1 aromatic carbocycles. The van der Waals surface area contributed by atoms with Gasteiger partial charge in [-0.1, -0.05) is 36.8 Å². The smallest absolute Gasteiger partial charge is 0.272 e. The number of aromatic nitrogens is 2. The molecule has 1 aromatic heterocycles. The first kappa shape index (κ1) is 23.9. The molecule has 0 bridgehead atoms. The summed E-state index contributed by atoms with van der Waals surface area (Å²) < 4.78 is 1.48. The summed E-state index contributed by atoms with van der Waals surface area (Å²) in [5, 5.41) is 10.2. The van der Waals surface area contributed by atoms with Crippen LogP contribution in [0.25, 0.3) is 0 Å². The summed E-state index contributed by atoms with van der Waals surface area (Å²) in [6.07, 6.45) is 4.68. The highest BCUT2D eigenvalue weighted by Gasteiger charge is 2.46. The maximum atomic E-state index is 13.1. The molecule has 34 heavy (non-hydrogen) atoms. The Bertz CT molecular complexity index is 1030. The number of nitrogens with zero attached hydrogens (tertiary/aromatic N) is 4. The largest absolute Gasteiger partial charge is 0.351 e. The van der Waals surface area contributed by atoms with Crippen molar-refractivity contribution in [2.45, 2.75) is 51.2 Å². The van der Waals surface area contributed by atoms with E-state index in [0.717, 1.165) is 31.6 Å².